The van der Waals surface area contributed by atoms with Crippen LogP contribution in [0.4, 0.5) is 34.8 Å². The van der Waals surface area contributed by atoms with Crippen LogP contribution in [0, 0.1) is 17.6 Å². The number of anilines is 3. The Morgan fingerprint density at radius 1 is 1.15 bits per heavy atom. The number of alkyl halides is 2. The maximum Gasteiger partial charge on any atom is 0.266 e. The molecule has 1 aliphatic carbocycles. The minimum Gasteiger partial charge on any atom is -0.453 e. The number of halogens is 5. The van der Waals surface area contributed by atoms with E-state index in [1.807, 2.05) is 0 Å². The number of amides is 2. The van der Waals surface area contributed by atoms with Gasteiger partial charge >= 0.3 is 0 Å². The maximum absolute atomic E-state index is 14.8. The Morgan fingerprint density at radius 2 is 1.87 bits per heavy atom. The number of carbonyl (C=O) groups is 2. The second-order valence-electron chi connectivity index (χ2n) is 9.04. The molecule has 0 bridgehead atoms. The average molecular weight is 562 g/mol. The zero-order valence-electron chi connectivity index (χ0n) is 20.0. The smallest absolute Gasteiger partial charge is 0.266 e. The number of hydrogen-bond acceptors (Lipinski definition) is 6. The van der Waals surface area contributed by atoms with Crippen molar-refractivity contribution in [2.75, 3.05) is 29.2 Å². The Balaban J connectivity index is 1.36. The second kappa shape index (κ2) is 10.1. The van der Waals surface area contributed by atoms with Gasteiger partial charge in [-0.2, -0.15) is 0 Å². The lowest BCUT2D eigenvalue weighted by molar-refractivity contribution is -0.120. The molecular formula is C26H20ClF4N5O3. The van der Waals surface area contributed by atoms with Gasteiger partial charge in [0.15, 0.2) is 17.3 Å². The first-order valence-electron chi connectivity index (χ1n) is 11.6. The Labute approximate surface area is 224 Å². The third-order valence-corrected chi connectivity index (χ3v) is 6.57. The van der Waals surface area contributed by atoms with Crippen molar-refractivity contribution in [3.8, 4) is 11.5 Å². The summed E-state index contributed by atoms with van der Waals surface area (Å²) in [6.07, 6.45) is 2.24. The standard InChI is InChI=1S/C26H20ClF4N5O3/c27-22-21(7-8-33-23(22)32)39-20-6-3-16(9-19(20)29)34-24(37)18-12-35(11-14-10-26(14,30)31)13-36(25(18)38)17-4-1-15(28)2-5-17/h1-9,12,14H,10-11,13H2,(H2,32,33)(H,34,37). The van der Waals surface area contributed by atoms with E-state index >= 15 is 0 Å². The number of carbonyl (C=O) groups excluding carboxylic acids is 2. The fourth-order valence-electron chi connectivity index (χ4n) is 4.01. The van der Waals surface area contributed by atoms with Crippen LogP contribution in [0.2, 0.25) is 5.02 Å². The zero-order chi connectivity index (χ0) is 27.9. The van der Waals surface area contributed by atoms with Gasteiger partial charge in [0.1, 0.15) is 22.2 Å². The molecule has 1 saturated carbocycles. The molecule has 1 unspecified atom stereocenters. The molecule has 8 nitrogen and oxygen atoms in total. The molecule has 1 atom stereocenters. The Bertz CT molecular complexity index is 1480. The molecule has 5 rings (SSSR count). The molecule has 2 heterocycles. The van der Waals surface area contributed by atoms with E-state index in [4.69, 9.17) is 22.1 Å². The first-order chi connectivity index (χ1) is 18.5. The summed E-state index contributed by atoms with van der Waals surface area (Å²) in [5.74, 6) is -6.89. The van der Waals surface area contributed by atoms with Crippen LogP contribution in [-0.2, 0) is 9.59 Å². The SMILES string of the molecule is Nc1nccc(Oc2ccc(NC(=O)C3=CN(CC4CC4(F)F)CN(c4ccc(F)cc4)C3=O)cc2F)c1Cl. The number of rotatable bonds is 7. The molecule has 1 aliphatic heterocycles. The van der Waals surface area contributed by atoms with Gasteiger partial charge in [-0.3, -0.25) is 14.5 Å². The largest absolute Gasteiger partial charge is 0.453 e. The summed E-state index contributed by atoms with van der Waals surface area (Å²) in [6.45, 7) is -0.214. The summed E-state index contributed by atoms with van der Waals surface area (Å²) in [4.78, 5) is 32.7. The van der Waals surface area contributed by atoms with E-state index in [2.05, 4.69) is 10.3 Å². The molecule has 2 aromatic carbocycles. The monoisotopic (exact) mass is 561 g/mol. The van der Waals surface area contributed by atoms with E-state index in [9.17, 15) is 27.2 Å². The van der Waals surface area contributed by atoms with E-state index in [1.54, 1.807) is 0 Å². The summed E-state index contributed by atoms with van der Waals surface area (Å²) >= 11 is 6.02. The minimum atomic E-state index is -2.81. The normalized spacial score (nSPS) is 18.0. The Morgan fingerprint density at radius 3 is 2.54 bits per heavy atom. The number of benzene rings is 2. The van der Waals surface area contributed by atoms with Gasteiger partial charge < -0.3 is 20.7 Å². The van der Waals surface area contributed by atoms with Crippen LogP contribution in [0.3, 0.4) is 0 Å². The molecule has 39 heavy (non-hydrogen) atoms. The van der Waals surface area contributed by atoms with Crippen molar-refractivity contribution in [2.24, 2.45) is 5.92 Å². The van der Waals surface area contributed by atoms with Gasteiger partial charge in [-0.1, -0.05) is 11.6 Å². The number of nitrogens with one attached hydrogen (secondary N) is 1. The van der Waals surface area contributed by atoms with Crippen LogP contribution >= 0.6 is 11.6 Å². The lowest BCUT2D eigenvalue weighted by atomic mass is 10.1. The van der Waals surface area contributed by atoms with Crippen molar-refractivity contribution in [1.82, 2.24) is 9.88 Å². The van der Waals surface area contributed by atoms with Crippen molar-refractivity contribution in [3.05, 3.63) is 83.2 Å². The highest BCUT2D eigenvalue weighted by Crippen LogP contribution is 2.49. The fraction of sp³-hybridized carbons (Fsp3) is 0.192. The van der Waals surface area contributed by atoms with Crippen molar-refractivity contribution in [1.29, 1.82) is 0 Å². The average Bonchev–Trinajstić information content (AvgIpc) is 3.50. The lowest BCUT2D eigenvalue weighted by Crippen LogP contribution is -2.47. The molecule has 1 fully saturated rings. The number of pyridine rings is 1. The van der Waals surface area contributed by atoms with Crippen molar-refractivity contribution < 1.29 is 31.9 Å². The van der Waals surface area contributed by atoms with E-state index < -0.39 is 35.3 Å². The molecule has 3 aromatic rings. The topological polar surface area (TPSA) is 101 Å². The van der Waals surface area contributed by atoms with Gasteiger partial charge in [-0.15, -0.1) is 0 Å². The molecule has 1 aromatic heterocycles. The number of nitrogens with zero attached hydrogens (tertiary/aromatic N) is 3. The van der Waals surface area contributed by atoms with Crippen molar-refractivity contribution >= 4 is 40.6 Å². The highest BCUT2D eigenvalue weighted by molar-refractivity contribution is 6.34. The van der Waals surface area contributed by atoms with Gasteiger partial charge in [-0.25, -0.2) is 22.5 Å². The molecule has 0 spiro atoms. The molecule has 0 radical (unpaired) electrons. The van der Waals surface area contributed by atoms with Gasteiger partial charge in [0.05, 0.1) is 6.67 Å². The lowest BCUT2D eigenvalue weighted by Gasteiger charge is -2.35. The number of ether oxygens (including phenoxy) is 1. The number of aromatic nitrogens is 1. The third-order valence-electron chi connectivity index (χ3n) is 6.19. The number of nitrogen functional groups attached to an aromatic ring is 1. The van der Waals surface area contributed by atoms with Crippen LogP contribution in [-0.4, -0.2) is 40.8 Å². The molecule has 3 N–H and O–H groups in total. The zero-order valence-corrected chi connectivity index (χ0v) is 20.8. The highest BCUT2D eigenvalue weighted by atomic mass is 35.5. The van der Waals surface area contributed by atoms with Crippen LogP contribution in [0.25, 0.3) is 0 Å². The third kappa shape index (κ3) is 5.60. The van der Waals surface area contributed by atoms with Gasteiger partial charge in [0, 0.05) is 54.8 Å². The molecule has 2 aliphatic rings. The molecular weight excluding hydrogens is 542 g/mol. The van der Waals surface area contributed by atoms with E-state index in [0.29, 0.717) is 0 Å². The van der Waals surface area contributed by atoms with E-state index in [-0.39, 0.29) is 58.9 Å². The molecule has 202 valence electrons. The number of nitrogens with two attached hydrogens (primary N) is 1. The minimum absolute atomic E-state index is 0.00179. The van der Waals surface area contributed by atoms with Crippen LogP contribution in [0.15, 0.2) is 66.5 Å². The first-order valence-corrected chi connectivity index (χ1v) is 12.0. The second-order valence-corrected chi connectivity index (χ2v) is 9.41. The quantitative estimate of drug-likeness (QED) is 0.305. The highest BCUT2D eigenvalue weighted by Gasteiger charge is 2.57. The molecule has 2 amide bonds. The molecule has 13 heteroatoms. The summed E-state index contributed by atoms with van der Waals surface area (Å²) in [7, 11) is 0. The van der Waals surface area contributed by atoms with Crippen LogP contribution < -0.4 is 20.7 Å². The number of hydrogen-bond donors (Lipinski definition) is 2. The summed E-state index contributed by atoms with van der Waals surface area (Å²) in [6, 6.07) is 9.90. The van der Waals surface area contributed by atoms with E-state index in [0.717, 1.165) is 18.2 Å². The summed E-state index contributed by atoms with van der Waals surface area (Å²) in [5.41, 5.74) is 5.53. The predicted molar refractivity (Wildman–Crippen MR) is 135 cm³/mol. The van der Waals surface area contributed by atoms with Gasteiger partial charge in [0.25, 0.3) is 17.7 Å². The first kappa shape index (κ1) is 26.3. The van der Waals surface area contributed by atoms with Crippen LogP contribution in [0.5, 0.6) is 11.5 Å². The Hall–Kier alpha value is -4.32. The fourth-order valence-corrected chi connectivity index (χ4v) is 4.16. The predicted octanol–water partition coefficient (Wildman–Crippen LogP) is 5.17. The summed E-state index contributed by atoms with van der Waals surface area (Å²) < 4.78 is 60.8. The van der Waals surface area contributed by atoms with Crippen LogP contribution in [0.1, 0.15) is 6.42 Å². The van der Waals surface area contributed by atoms with Crippen molar-refractivity contribution in [3.63, 3.8) is 0 Å². The van der Waals surface area contributed by atoms with E-state index in [1.165, 1.54) is 52.5 Å². The molecule has 0 saturated heterocycles. The van der Waals surface area contributed by atoms with Gasteiger partial charge in [0.2, 0.25) is 0 Å². The Kier molecular flexibility index (Phi) is 6.81. The summed E-state index contributed by atoms with van der Waals surface area (Å²) in [5, 5.41) is 2.44. The van der Waals surface area contributed by atoms with Gasteiger partial charge in [-0.05, 0) is 36.4 Å². The maximum atomic E-state index is 14.8. The van der Waals surface area contributed by atoms with Crippen molar-refractivity contribution in [2.45, 2.75) is 12.3 Å².